The Bertz CT molecular complexity index is 740. The lowest BCUT2D eigenvalue weighted by molar-refractivity contribution is -0.136. The van der Waals surface area contributed by atoms with Crippen LogP contribution in [0.15, 0.2) is 24.3 Å². The smallest absolute Gasteiger partial charge is 0.237 e. The topological polar surface area (TPSA) is 39.3 Å². The van der Waals surface area contributed by atoms with Crippen LogP contribution in [0.4, 0.5) is 0 Å². The third-order valence-corrected chi connectivity index (χ3v) is 5.72. The summed E-state index contributed by atoms with van der Waals surface area (Å²) >= 11 is 0. The van der Waals surface area contributed by atoms with Gasteiger partial charge in [-0.2, -0.15) is 0 Å². The van der Waals surface area contributed by atoms with Crippen molar-refractivity contribution in [2.24, 2.45) is 0 Å². The fourth-order valence-corrected chi connectivity index (χ4v) is 4.67. The maximum absolute atomic E-state index is 12.6. The van der Waals surface area contributed by atoms with Crippen LogP contribution in [0.5, 0.6) is 0 Å². The highest BCUT2D eigenvalue weighted by molar-refractivity contribution is 5.87. The molecule has 3 saturated heterocycles. The summed E-state index contributed by atoms with van der Waals surface area (Å²) in [5.74, 6) is 0.314. The van der Waals surface area contributed by atoms with Gasteiger partial charge < -0.3 is 9.88 Å². The van der Waals surface area contributed by atoms with E-state index in [0.29, 0.717) is 12.5 Å². The van der Waals surface area contributed by atoms with Crippen molar-refractivity contribution < 1.29 is 4.79 Å². The number of hydrogen-bond acceptors (Lipinski definition) is 2. The van der Waals surface area contributed by atoms with Crippen LogP contribution in [0, 0.1) is 0 Å². The van der Waals surface area contributed by atoms with Gasteiger partial charge in [0, 0.05) is 36.2 Å². The zero-order chi connectivity index (χ0) is 14.0. The molecule has 1 spiro atoms. The first-order valence-corrected chi connectivity index (χ1v) is 7.91. The monoisotopic (exact) mass is 281 g/mol. The second-order valence-electron chi connectivity index (χ2n) is 6.63. The van der Waals surface area contributed by atoms with Gasteiger partial charge in [0.2, 0.25) is 5.91 Å². The Balaban J connectivity index is 1.78. The summed E-state index contributed by atoms with van der Waals surface area (Å²) in [6.45, 7) is 3.56. The summed E-state index contributed by atoms with van der Waals surface area (Å²) in [6.07, 6.45) is 3.12. The second-order valence-corrected chi connectivity index (χ2v) is 6.63. The largest absolute Gasteiger partial charge is 0.356 e. The molecule has 5 heterocycles. The van der Waals surface area contributed by atoms with Crippen molar-refractivity contribution >= 4 is 16.8 Å². The van der Waals surface area contributed by atoms with Crippen molar-refractivity contribution in [3.63, 3.8) is 0 Å². The summed E-state index contributed by atoms with van der Waals surface area (Å²) in [5, 5.41) is 1.35. The van der Waals surface area contributed by atoms with E-state index < -0.39 is 0 Å². The highest BCUT2D eigenvalue weighted by atomic mass is 16.2. The number of nitrogens with one attached hydrogen (secondary N) is 1. The van der Waals surface area contributed by atoms with E-state index >= 15 is 0 Å². The van der Waals surface area contributed by atoms with Crippen molar-refractivity contribution in [1.82, 2.24) is 14.8 Å². The maximum Gasteiger partial charge on any atom is 0.237 e. The van der Waals surface area contributed by atoms with Gasteiger partial charge in [0.25, 0.3) is 0 Å². The fraction of sp³-hybridized carbons (Fsp3) is 0.471. The number of aromatic amines is 1. The lowest BCUT2D eigenvalue weighted by Gasteiger charge is -2.47. The number of fused-ring (bicyclic) bond motifs is 6. The van der Waals surface area contributed by atoms with Gasteiger partial charge in [0.15, 0.2) is 0 Å². The predicted molar refractivity (Wildman–Crippen MR) is 81.1 cm³/mol. The van der Waals surface area contributed by atoms with Gasteiger partial charge in [-0.3, -0.25) is 9.69 Å². The molecule has 108 valence electrons. The number of H-pyrrole nitrogens is 1. The van der Waals surface area contributed by atoms with Gasteiger partial charge >= 0.3 is 0 Å². The molecule has 6 rings (SSSR count). The van der Waals surface area contributed by atoms with Gasteiger partial charge in [-0.1, -0.05) is 18.2 Å². The number of carbonyl (C=O) groups excluding carboxylic acids is 1. The zero-order valence-corrected chi connectivity index (χ0v) is 12.1. The van der Waals surface area contributed by atoms with Crippen molar-refractivity contribution in [3.8, 4) is 0 Å². The molecule has 4 aliphatic rings. The van der Waals surface area contributed by atoms with E-state index in [1.807, 2.05) is 0 Å². The van der Waals surface area contributed by atoms with Crippen LogP contribution >= 0.6 is 0 Å². The SMILES string of the molecule is O=C1CN2CCC3(CC2)c2[nH]c4ccccc4c2CCN13. The Kier molecular flexibility index (Phi) is 2.19. The van der Waals surface area contributed by atoms with Crippen molar-refractivity contribution in [2.45, 2.75) is 24.8 Å². The summed E-state index contributed by atoms with van der Waals surface area (Å²) in [6, 6.07) is 8.56. The molecule has 3 fully saturated rings. The molecule has 21 heavy (non-hydrogen) atoms. The van der Waals surface area contributed by atoms with E-state index in [4.69, 9.17) is 0 Å². The molecule has 1 N–H and O–H groups in total. The molecule has 1 aromatic heterocycles. The number of aromatic nitrogens is 1. The molecule has 1 aromatic carbocycles. The van der Waals surface area contributed by atoms with Crippen LogP contribution in [0.2, 0.25) is 0 Å². The first kappa shape index (κ1) is 11.8. The summed E-state index contributed by atoms with van der Waals surface area (Å²) in [4.78, 5) is 20.8. The summed E-state index contributed by atoms with van der Waals surface area (Å²) in [7, 11) is 0. The van der Waals surface area contributed by atoms with E-state index in [0.717, 1.165) is 38.9 Å². The molecule has 0 radical (unpaired) electrons. The number of para-hydroxylation sites is 1. The van der Waals surface area contributed by atoms with Crippen molar-refractivity contribution in [1.29, 1.82) is 0 Å². The second kappa shape index (κ2) is 3.89. The highest BCUT2D eigenvalue weighted by Gasteiger charge is 2.50. The first-order valence-electron chi connectivity index (χ1n) is 7.91. The Hall–Kier alpha value is -1.81. The van der Waals surface area contributed by atoms with E-state index in [2.05, 4.69) is 39.0 Å². The highest BCUT2D eigenvalue weighted by Crippen LogP contribution is 2.46. The number of piperidine rings is 1. The predicted octanol–water partition coefficient (Wildman–Crippen LogP) is 1.86. The molecule has 0 atom stereocenters. The van der Waals surface area contributed by atoms with E-state index in [1.54, 1.807) is 0 Å². The van der Waals surface area contributed by atoms with E-state index in [-0.39, 0.29) is 5.54 Å². The van der Waals surface area contributed by atoms with Crippen molar-refractivity contribution in [2.75, 3.05) is 26.2 Å². The number of amides is 1. The molecule has 4 nitrogen and oxygen atoms in total. The number of hydrogen-bond donors (Lipinski definition) is 1. The quantitative estimate of drug-likeness (QED) is 0.800. The Labute approximate surface area is 123 Å². The standard InChI is InChI=1S/C17H19N3O/c21-15-11-19-9-6-17(7-10-19)16-13(5-8-20(15)17)12-3-1-2-4-14(12)18-16/h1-4,18H,5-11H2. The number of benzene rings is 1. The number of nitrogens with zero attached hydrogens (tertiary/aromatic N) is 2. The Morgan fingerprint density at radius 2 is 1.90 bits per heavy atom. The molecule has 1 amide bonds. The minimum Gasteiger partial charge on any atom is -0.356 e. The molecule has 0 saturated carbocycles. The number of carbonyl (C=O) groups is 1. The van der Waals surface area contributed by atoms with Crippen LogP contribution < -0.4 is 0 Å². The maximum atomic E-state index is 12.6. The molecular formula is C17H19N3O. The average molecular weight is 281 g/mol. The molecule has 2 aromatic rings. The van der Waals surface area contributed by atoms with Crippen LogP contribution in [-0.2, 0) is 16.8 Å². The Morgan fingerprint density at radius 1 is 1.10 bits per heavy atom. The van der Waals surface area contributed by atoms with Crippen molar-refractivity contribution in [3.05, 3.63) is 35.5 Å². The minimum atomic E-state index is -0.0727. The van der Waals surface area contributed by atoms with Crippen LogP contribution in [0.1, 0.15) is 24.1 Å². The molecule has 0 aliphatic carbocycles. The van der Waals surface area contributed by atoms with E-state index in [1.165, 1.54) is 22.2 Å². The van der Waals surface area contributed by atoms with Gasteiger partial charge in [-0.15, -0.1) is 0 Å². The Morgan fingerprint density at radius 3 is 2.76 bits per heavy atom. The lowest BCUT2D eigenvalue weighted by atomic mass is 9.78. The number of rotatable bonds is 0. The van der Waals surface area contributed by atoms with Gasteiger partial charge in [0.1, 0.15) is 0 Å². The van der Waals surface area contributed by atoms with Gasteiger partial charge in [-0.05, 0) is 30.9 Å². The molecule has 2 bridgehead atoms. The molecular weight excluding hydrogens is 262 g/mol. The third-order valence-electron chi connectivity index (χ3n) is 5.72. The normalized spacial score (nSPS) is 31.1. The van der Waals surface area contributed by atoms with Crippen LogP contribution in [0.3, 0.4) is 0 Å². The van der Waals surface area contributed by atoms with Gasteiger partial charge in [0.05, 0.1) is 12.1 Å². The molecule has 4 aliphatic heterocycles. The lowest BCUT2D eigenvalue weighted by Crippen LogP contribution is -2.54. The fourth-order valence-electron chi connectivity index (χ4n) is 4.67. The molecule has 4 heteroatoms. The summed E-state index contributed by atoms with van der Waals surface area (Å²) < 4.78 is 0. The van der Waals surface area contributed by atoms with Gasteiger partial charge in [-0.25, -0.2) is 0 Å². The minimum absolute atomic E-state index is 0.0727. The van der Waals surface area contributed by atoms with Crippen LogP contribution in [-0.4, -0.2) is 46.9 Å². The summed E-state index contributed by atoms with van der Waals surface area (Å²) in [5.41, 5.74) is 3.92. The third kappa shape index (κ3) is 1.41. The average Bonchev–Trinajstić information content (AvgIpc) is 2.76. The zero-order valence-electron chi connectivity index (χ0n) is 12.1. The molecule has 0 unspecified atom stereocenters. The van der Waals surface area contributed by atoms with E-state index in [9.17, 15) is 4.79 Å². The van der Waals surface area contributed by atoms with Crippen LogP contribution in [0.25, 0.3) is 10.9 Å². The first-order chi connectivity index (χ1) is 10.3.